The lowest BCUT2D eigenvalue weighted by molar-refractivity contribution is 0.259. The smallest absolute Gasteiger partial charge is 0.123 e. The molecule has 0 radical (unpaired) electrons. The highest BCUT2D eigenvalue weighted by atomic mass is 16.5. The van der Waals surface area contributed by atoms with Crippen molar-refractivity contribution in [1.82, 2.24) is 0 Å². The van der Waals surface area contributed by atoms with Gasteiger partial charge in [-0.1, -0.05) is 85.8 Å². The fourth-order valence-corrected chi connectivity index (χ4v) is 4.10. The summed E-state index contributed by atoms with van der Waals surface area (Å²) in [5.74, 6) is 0.981. The van der Waals surface area contributed by atoms with Gasteiger partial charge in [-0.3, -0.25) is 0 Å². The summed E-state index contributed by atoms with van der Waals surface area (Å²) in [6.07, 6.45) is 3.19. The lowest BCUT2D eigenvalue weighted by Gasteiger charge is -2.43. The van der Waals surface area contributed by atoms with Crippen molar-refractivity contribution in [2.75, 3.05) is 12.0 Å². The lowest BCUT2D eigenvalue weighted by atomic mass is 9.90. The highest BCUT2D eigenvalue weighted by Crippen LogP contribution is 2.46. The molecule has 27 heavy (non-hydrogen) atoms. The van der Waals surface area contributed by atoms with Gasteiger partial charge in [-0.25, -0.2) is 0 Å². The molecule has 0 aliphatic carbocycles. The molecule has 0 aromatic heterocycles. The molecule has 1 aliphatic rings. The third-order valence-corrected chi connectivity index (χ3v) is 5.32. The number of anilines is 1. The van der Waals surface area contributed by atoms with Gasteiger partial charge in [0.15, 0.2) is 0 Å². The Hall–Kier alpha value is -3.00. The lowest BCUT2D eigenvalue weighted by Crippen LogP contribution is -2.36. The Balaban J connectivity index is 1.92. The van der Waals surface area contributed by atoms with Crippen molar-refractivity contribution >= 4 is 11.8 Å². The fraction of sp³-hybridized carbons (Fsp3) is 0.200. The van der Waals surface area contributed by atoms with Gasteiger partial charge in [0.25, 0.3) is 0 Å². The molecule has 2 atom stereocenters. The van der Waals surface area contributed by atoms with E-state index in [-0.39, 0.29) is 12.1 Å². The van der Waals surface area contributed by atoms with Gasteiger partial charge >= 0.3 is 0 Å². The average molecular weight is 355 g/mol. The van der Waals surface area contributed by atoms with E-state index >= 15 is 0 Å². The van der Waals surface area contributed by atoms with Gasteiger partial charge in [-0.05, 0) is 29.7 Å². The molecule has 0 bridgehead atoms. The summed E-state index contributed by atoms with van der Waals surface area (Å²) in [5, 5.41) is 0. The molecular formula is C25H25NO. The molecule has 3 aromatic carbocycles. The number of rotatable bonds is 5. The molecule has 0 N–H and O–H groups in total. The largest absolute Gasteiger partial charge is 0.499 e. The Morgan fingerprint density at radius 3 is 2.15 bits per heavy atom. The van der Waals surface area contributed by atoms with Gasteiger partial charge in [0.05, 0.1) is 13.2 Å². The topological polar surface area (TPSA) is 12.5 Å². The molecule has 0 fully saturated rings. The van der Waals surface area contributed by atoms with E-state index in [1.54, 1.807) is 7.11 Å². The van der Waals surface area contributed by atoms with Crippen molar-refractivity contribution in [3.63, 3.8) is 0 Å². The van der Waals surface area contributed by atoms with Crippen LogP contribution in [0.3, 0.4) is 0 Å². The van der Waals surface area contributed by atoms with Crippen LogP contribution in [0, 0.1) is 0 Å². The number of methoxy groups -OCH3 is 1. The van der Waals surface area contributed by atoms with Gasteiger partial charge in [0, 0.05) is 11.3 Å². The Kier molecular flexibility index (Phi) is 4.97. The first kappa shape index (κ1) is 17.4. The standard InChI is InChI=1S/C25H25NO/c1-3-22(19-12-6-4-7-13-19)26-23-17-11-10-16-21(23)18-24(27-2)25(26)20-14-8-5-9-15-20/h4-18,22,25H,3H2,1-2H3/t22?,25-/m0/s1. The average Bonchev–Trinajstić information content (AvgIpc) is 2.75. The molecule has 3 aromatic rings. The summed E-state index contributed by atoms with van der Waals surface area (Å²) in [4.78, 5) is 2.53. The molecule has 136 valence electrons. The van der Waals surface area contributed by atoms with Crippen LogP contribution in [0.25, 0.3) is 6.08 Å². The summed E-state index contributed by atoms with van der Waals surface area (Å²) in [5.41, 5.74) is 5.03. The van der Waals surface area contributed by atoms with Crippen molar-refractivity contribution in [2.24, 2.45) is 0 Å². The zero-order chi connectivity index (χ0) is 18.6. The summed E-state index contributed by atoms with van der Waals surface area (Å²) < 4.78 is 5.90. The van der Waals surface area contributed by atoms with Crippen LogP contribution >= 0.6 is 0 Å². The van der Waals surface area contributed by atoms with E-state index < -0.39 is 0 Å². The maximum Gasteiger partial charge on any atom is 0.123 e. The second-order valence-corrected chi connectivity index (χ2v) is 6.86. The maximum absolute atomic E-state index is 5.90. The molecule has 0 amide bonds. The Morgan fingerprint density at radius 1 is 0.852 bits per heavy atom. The number of nitrogens with zero attached hydrogens (tertiary/aromatic N) is 1. The van der Waals surface area contributed by atoms with Gasteiger partial charge in [0.2, 0.25) is 0 Å². The number of benzene rings is 3. The number of ether oxygens (including phenoxy) is 1. The van der Waals surface area contributed by atoms with Gasteiger partial charge in [-0.2, -0.15) is 0 Å². The Bertz CT molecular complexity index is 917. The first-order valence-corrected chi connectivity index (χ1v) is 9.56. The van der Waals surface area contributed by atoms with Crippen molar-refractivity contribution in [2.45, 2.75) is 25.4 Å². The number of hydrogen-bond acceptors (Lipinski definition) is 2. The minimum Gasteiger partial charge on any atom is -0.499 e. The van der Waals surface area contributed by atoms with Crippen LogP contribution in [0.2, 0.25) is 0 Å². The van der Waals surface area contributed by atoms with Crippen LogP contribution in [0.1, 0.15) is 42.1 Å². The van der Waals surface area contributed by atoms with E-state index in [4.69, 9.17) is 4.74 Å². The normalized spacial score (nSPS) is 17.0. The zero-order valence-electron chi connectivity index (χ0n) is 15.9. The van der Waals surface area contributed by atoms with Crippen LogP contribution in [-0.4, -0.2) is 7.11 Å². The molecule has 2 nitrogen and oxygen atoms in total. The van der Waals surface area contributed by atoms with E-state index in [0.29, 0.717) is 0 Å². The van der Waals surface area contributed by atoms with Crippen molar-refractivity contribution in [3.05, 3.63) is 107 Å². The van der Waals surface area contributed by atoms with Gasteiger partial charge in [-0.15, -0.1) is 0 Å². The van der Waals surface area contributed by atoms with Crippen LogP contribution in [0.4, 0.5) is 5.69 Å². The number of fused-ring (bicyclic) bond motifs is 1. The van der Waals surface area contributed by atoms with Crippen LogP contribution in [0.15, 0.2) is 90.7 Å². The minimum absolute atomic E-state index is 0.0521. The molecule has 0 spiro atoms. The van der Waals surface area contributed by atoms with Crippen LogP contribution < -0.4 is 4.90 Å². The molecule has 4 rings (SSSR count). The summed E-state index contributed by atoms with van der Waals surface area (Å²) in [6, 6.07) is 30.3. The molecule has 1 aliphatic heterocycles. The number of hydrogen-bond donors (Lipinski definition) is 0. The van der Waals surface area contributed by atoms with E-state index in [9.17, 15) is 0 Å². The number of para-hydroxylation sites is 1. The first-order valence-electron chi connectivity index (χ1n) is 9.56. The minimum atomic E-state index is 0.0521. The third-order valence-electron chi connectivity index (χ3n) is 5.32. The van der Waals surface area contributed by atoms with E-state index in [0.717, 1.165) is 12.2 Å². The SMILES string of the molecule is CCC(c1ccccc1)N1c2ccccc2C=C(OC)[C@@H]1c1ccccc1. The molecule has 0 saturated heterocycles. The molecule has 0 saturated carbocycles. The van der Waals surface area contributed by atoms with Crippen LogP contribution in [0.5, 0.6) is 0 Å². The quantitative estimate of drug-likeness (QED) is 0.526. The summed E-state index contributed by atoms with van der Waals surface area (Å²) in [7, 11) is 1.78. The third kappa shape index (κ3) is 3.23. The van der Waals surface area contributed by atoms with Gasteiger partial charge < -0.3 is 9.64 Å². The highest BCUT2D eigenvalue weighted by molar-refractivity contribution is 5.75. The first-order chi connectivity index (χ1) is 13.3. The molecule has 2 heteroatoms. The van der Waals surface area contributed by atoms with Crippen molar-refractivity contribution < 1.29 is 4.74 Å². The zero-order valence-corrected chi connectivity index (χ0v) is 15.9. The van der Waals surface area contributed by atoms with E-state index in [1.807, 2.05) is 0 Å². The second-order valence-electron chi connectivity index (χ2n) is 6.86. The van der Waals surface area contributed by atoms with Crippen molar-refractivity contribution in [1.29, 1.82) is 0 Å². The monoisotopic (exact) mass is 355 g/mol. The predicted molar refractivity (Wildman–Crippen MR) is 113 cm³/mol. The van der Waals surface area contributed by atoms with E-state index in [2.05, 4.69) is 103 Å². The second kappa shape index (κ2) is 7.71. The molecular weight excluding hydrogens is 330 g/mol. The molecule has 1 unspecified atom stereocenters. The Labute approximate surface area is 161 Å². The summed E-state index contributed by atoms with van der Waals surface area (Å²) >= 11 is 0. The van der Waals surface area contributed by atoms with Crippen LogP contribution in [-0.2, 0) is 4.74 Å². The Morgan fingerprint density at radius 2 is 1.48 bits per heavy atom. The fourth-order valence-electron chi connectivity index (χ4n) is 4.10. The predicted octanol–water partition coefficient (Wildman–Crippen LogP) is 6.39. The van der Waals surface area contributed by atoms with Crippen molar-refractivity contribution in [3.8, 4) is 0 Å². The highest BCUT2D eigenvalue weighted by Gasteiger charge is 2.35. The van der Waals surface area contributed by atoms with E-state index in [1.165, 1.54) is 22.4 Å². The van der Waals surface area contributed by atoms with Gasteiger partial charge in [0.1, 0.15) is 11.8 Å². The summed E-state index contributed by atoms with van der Waals surface area (Å²) in [6.45, 7) is 2.26. The maximum atomic E-state index is 5.90. The molecule has 1 heterocycles.